The van der Waals surface area contributed by atoms with Gasteiger partial charge in [-0.05, 0) is 46.9 Å². The van der Waals surface area contributed by atoms with Crippen LogP contribution >= 0.6 is 34.2 Å². The molecule has 0 bridgehead atoms. The van der Waals surface area contributed by atoms with Crippen LogP contribution in [0, 0.1) is 3.57 Å². The van der Waals surface area contributed by atoms with Gasteiger partial charge in [0.1, 0.15) is 0 Å². The van der Waals surface area contributed by atoms with E-state index in [1.807, 2.05) is 24.3 Å². The molecule has 0 atom stereocenters. The minimum absolute atomic E-state index is 0.797. The van der Waals surface area contributed by atoms with Crippen LogP contribution in [0.2, 0.25) is 5.02 Å². The molecule has 1 aromatic carbocycles. The quantitative estimate of drug-likeness (QED) is 0.616. The van der Waals surface area contributed by atoms with Crippen molar-refractivity contribution in [3.63, 3.8) is 0 Å². The summed E-state index contributed by atoms with van der Waals surface area (Å²) < 4.78 is 1.21. The van der Waals surface area contributed by atoms with Crippen LogP contribution < -0.4 is 0 Å². The molecular formula is C6H4ClI. The second-order valence-corrected chi connectivity index (χ2v) is 3.12. The summed E-state index contributed by atoms with van der Waals surface area (Å²) in [6, 6.07) is 7.71. The van der Waals surface area contributed by atoms with Crippen LogP contribution in [0.1, 0.15) is 0 Å². The molecule has 42 valence electrons. The third kappa shape index (κ3) is 1.63. The zero-order chi connectivity index (χ0) is 5.98. The SMILES string of the molecule is Cl[13c]1[13cH][13cH][13c](I)[13cH][13cH]1. The van der Waals surface area contributed by atoms with Crippen LogP contribution in [0.25, 0.3) is 0 Å². The molecule has 1 aromatic rings. The Morgan fingerprint density at radius 1 is 1.12 bits per heavy atom. The molecule has 0 radical (unpaired) electrons. The van der Waals surface area contributed by atoms with E-state index < -0.39 is 0 Å². The lowest BCUT2D eigenvalue weighted by atomic mass is 11.4. The van der Waals surface area contributed by atoms with Gasteiger partial charge in [-0.3, -0.25) is 0 Å². The molecule has 0 saturated heterocycles. The first kappa shape index (κ1) is 6.36. The molecule has 0 saturated carbocycles. The van der Waals surface area contributed by atoms with Crippen molar-refractivity contribution in [3.05, 3.63) is 32.9 Å². The van der Waals surface area contributed by atoms with Crippen molar-refractivity contribution >= 4 is 34.2 Å². The van der Waals surface area contributed by atoms with Crippen molar-refractivity contribution in [1.29, 1.82) is 0 Å². The van der Waals surface area contributed by atoms with Crippen molar-refractivity contribution in [2.45, 2.75) is 0 Å². The summed E-state index contributed by atoms with van der Waals surface area (Å²) in [5.41, 5.74) is 0. The van der Waals surface area contributed by atoms with Crippen molar-refractivity contribution in [2.75, 3.05) is 0 Å². The lowest BCUT2D eigenvalue weighted by Crippen LogP contribution is -1.65. The number of benzene rings is 1. The maximum absolute atomic E-state index is 5.61. The third-order valence-electron chi connectivity index (χ3n) is 0.804. The summed E-state index contributed by atoms with van der Waals surface area (Å²) in [7, 11) is 0. The summed E-state index contributed by atoms with van der Waals surface area (Å²) in [6.45, 7) is 0. The molecule has 1 rings (SSSR count). The molecule has 0 spiro atoms. The van der Waals surface area contributed by atoms with Crippen LogP contribution in [0.3, 0.4) is 0 Å². The van der Waals surface area contributed by atoms with Crippen molar-refractivity contribution in [2.24, 2.45) is 0 Å². The Hall–Kier alpha value is 0.240. The summed E-state index contributed by atoms with van der Waals surface area (Å²) >= 11 is 7.85. The smallest absolute Gasteiger partial charge is 0.0406 e. The molecule has 8 heavy (non-hydrogen) atoms. The van der Waals surface area contributed by atoms with E-state index in [9.17, 15) is 0 Å². The second kappa shape index (κ2) is 2.69. The summed E-state index contributed by atoms with van der Waals surface area (Å²) in [6.07, 6.45) is 0. The minimum atomic E-state index is 0.797. The van der Waals surface area contributed by atoms with Gasteiger partial charge in [-0.2, -0.15) is 0 Å². The molecule has 0 aliphatic carbocycles. The highest BCUT2D eigenvalue weighted by Crippen LogP contribution is 2.10. The Morgan fingerprint density at radius 3 is 2.00 bits per heavy atom. The maximum Gasteiger partial charge on any atom is 0.0406 e. The Morgan fingerprint density at radius 2 is 1.62 bits per heavy atom. The first-order valence-corrected chi connectivity index (χ1v) is 3.66. The average molecular weight is 244 g/mol. The molecule has 0 aromatic heterocycles. The van der Waals surface area contributed by atoms with Crippen LogP contribution in [-0.4, -0.2) is 0 Å². The van der Waals surface area contributed by atoms with E-state index >= 15 is 0 Å². The predicted octanol–water partition coefficient (Wildman–Crippen LogP) is 2.94. The molecule has 2 heteroatoms. The topological polar surface area (TPSA) is 0 Å². The van der Waals surface area contributed by atoms with E-state index in [4.69, 9.17) is 11.6 Å². The summed E-state index contributed by atoms with van der Waals surface area (Å²) in [5.74, 6) is 0. The summed E-state index contributed by atoms with van der Waals surface area (Å²) in [5, 5.41) is 0.797. The minimum Gasteiger partial charge on any atom is -0.0843 e. The molecule has 0 aliphatic heterocycles. The fraction of sp³-hybridized carbons (Fsp3) is 0. The molecule has 0 aliphatic rings. The lowest BCUT2D eigenvalue weighted by molar-refractivity contribution is 1.65. The Kier molecular flexibility index (Phi) is 2.14. The molecule has 0 heterocycles. The van der Waals surface area contributed by atoms with E-state index in [0.29, 0.717) is 0 Å². The predicted molar refractivity (Wildman–Crippen MR) is 44.2 cm³/mol. The van der Waals surface area contributed by atoms with Gasteiger partial charge in [0, 0.05) is 8.59 Å². The molecule has 0 N–H and O–H groups in total. The van der Waals surface area contributed by atoms with Gasteiger partial charge in [-0.25, -0.2) is 0 Å². The van der Waals surface area contributed by atoms with E-state index in [1.54, 1.807) is 0 Å². The summed E-state index contributed by atoms with van der Waals surface area (Å²) in [4.78, 5) is 0. The van der Waals surface area contributed by atoms with E-state index in [0.717, 1.165) is 5.02 Å². The zero-order valence-electron chi connectivity index (χ0n) is 4.07. The first-order chi connectivity index (χ1) is 3.79. The molecule has 0 unspecified atom stereocenters. The Balaban J connectivity index is 3.03. The van der Waals surface area contributed by atoms with Gasteiger partial charge in [0.05, 0.1) is 0 Å². The largest absolute Gasteiger partial charge is 0.0843 e. The van der Waals surface area contributed by atoms with Crippen LogP contribution in [-0.2, 0) is 0 Å². The zero-order valence-corrected chi connectivity index (χ0v) is 6.98. The molecule has 0 amide bonds. The van der Waals surface area contributed by atoms with E-state index in [1.165, 1.54) is 3.57 Å². The van der Waals surface area contributed by atoms with Crippen molar-refractivity contribution in [3.8, 4) is 0 Å². The van der Waals surface area contributed by atoms with Crippen molar-refractivity contribution < 1.29 is 0 Å². The van der Waals surface area contributed by atoms with E-state index in [-0.39, 0.29) is 0 Å². The van der Waals surface area contributed by atoms with Gasteiger partial charge >= 0.3 is 0 Å². The van der Waals surface area contributed by atoms with Crippen molar-refractivity contribution in [1.82, 2.24) is 0 Å². The van der Waals surface area contributed by atoms with Gasteiger partial charge in [-0.1, -0.05) is 11.6 Å². The monoisotopic (exact) mass is 244 g/mol. The van der Waals surface area contributed by atoms with Gasteiger partial charge in [0.2, 0.25) is 0 Å². The van der Waals surface area contributed by atoms with Crippen LogP contribution in [0.15, 0.2) is 24.3 Å². The number of hydrogen-bond acceptors (Lipinski definition) is 0. The second-order valence-electron chi connectivity index (χ2n) is 1.44. The van der Waals surface area contributed by atoms with Crippen LogP contribution in [0.5, 0.6) is 0 Å². The maximum atomic E-state index is 5.61. The molecule has 0 fully saturated rings. The number of rotatable bonds is 0. The van der Waals surface area contributed by atoms with Gasteiger partial charge < -0.3 is 0 Å². The lowest BCUT2D eigenvalue weighted by Gasteiger charge is -1.86. The molecule has 0 nitrogen and oxygen atoms in total. The Bertz CT molecular complexity index is 147. The van der Waals surface area contributed by atoms with E-state index in [2.05, 4.69) is 22.6 Å². The normalized spacial score (nSPS) is 9.25. The number of halogens is 2. The number of hydrogen-bond donors (Lipinski definition) is 0. The Labute approximate surface area is 67.0 Å². The fourth-order valence-electron chi connectivity index (χ4n) is 0.430. The molecular weight excluding hydrogens is 240 g/mol. The average Bonchev–Trinajstić information content (AvgIpc) is 1.77. The fourth-order valence-corrected chi connectivity index (χ4v) is 0.915. The van der Waals surface area contributed by atoms with Gasteiger partial charge in [0.15, 0.2) is 0 Å². The first-order valence-electron chi connectivity index (χ1n) is 2.20. The highest BCUT2D eigenvalue weighted by atomic mass is 127. The highest BCUT2D eigenvalue weighted by Gasteiger charge is 1.83. The van der Waals surface area contributed by atoms with Gasteiger partial charge in [-0.15, -0.1) is 0 Å². The highest BCUT2D eigenvalue weighted by molar-refractivity contribution is 14.1. The third-order valence-corrected chi connectivity index (χ3v) is 1.77. The van der Waals surface area contributed by atoms with Gasteiger partial charge in [0.25, 0.3) is 0 Å². The standard InChI is InChI=1S/C6H4ClI/c7-5-1-3-6(8)4-2-5/h1-4H/i1+1,2+1,3+1,4+1,5+1,6+1. The van der Waals surface area contributed by atoms with Crippen LogP contribution in [0.4, 0.5) is 0 Å².